The Morgan fingerprint density at radius 3 is 2.37 bits per heavy atom. The van der Waals surface area contributed by atoms with Crippen LogP contribution in [-0.2, 0) is 15.9 Å². The summed E-state index contributed by atoms with van der Waals surface area (Å²) in [5, 5.41) is 0. The number of likely N-dealkylation sites (tertiary alicyclic amines) is 1. The summed E-state index contributed by atoms with van der Waals surface area (Å²) in [7, 11) is 3.35. The van der Waals surface area contributed by atoms with E-state index in [1.54, 1.807) is 26.6 Å². The van der Waals surface area contributed by atoms with Gasteiger partial charge in [0.15, 0.2) is 11.5 Å². The molecule has 254 valence electrons. The van der Waals surface area contributed by atoms with Crippen molar-refractivity contribution in [1.82, 2.24) is 19.8 Å². The van der Waals surface area contributed by atoms with Gasteiger partial charge in [0.1, 0.15) is 11.3 Å². The largest absolute Gasteiger partial charge is 0.493 e. The number of carbonyl (C=O) groups excluding carboxylic acids is 2. The van der Waals surface area contributed by atoms with Crippen LogP contribution in [0.3, 0.4) is 0 Å². The standard InChI is InChI=1S/C36H54N4O6/c1-24(2)27(16-26-10-13-32(44-8)33(17-26)45-15-9-14-43-7)18-28-21-39(35(42)46-36(4,5)6)22-29(28)23-40(30-11-12-30)34(41)31-20-37-25(3)19-38-31/h10,13,17,19-20,24,27-30H,9,11-12,14-16,18,21-23H2,1-8H3/t27?,28-,29+/m1/s1. The van der Waals surface area contributed by atoms with E-state index in [1.165, 1.54) is 5.56 Å². The van der Waals surface area contributed by atoms with Crippen molar-refractivity contribution < 1.29 is 28.5 Å². The molecule has 2 aliphatic rings. The van der Waals surface area contributed by atoms with Crippen LogP contribution in [0.1, 0.15) is 82.0 Å². The molecule has 46 heavy (non-hydrogen) atoms. The molecule has 0 bridgehead atoms. The van der Waals surface area contributed by atoms with Gasteiger partial charge in [0, 0.05) is 52.0 Å². The lowest BCUT2D eigenvalue weighted by atomic mass is 9.78. The van der Waals surface area contributed by atoms with Crippen LogP contribution in [0, 0.1) is 30.6 Å². The lowest BCUT2D eigenvalue weighted by Crippen LogP contribution is -2.40. The average molecular weight is 639 g/mol. The van der Waals surface area contributed by atoms with Crippen LogP contribution in [0.5, 0.6) is 11.5 Å². The zero-order chi connectivity index (χ0) is 33.4. The van der Waals surface area contributed by atoms with Crippen molar-refractivity contribution in [2.75, 3.05) is 47.1 Å². The Labute approximate surface area is 275 Å². The second-order valence-corrected chi connectivity index (χ2v) is 14.3. The Morgan fingerprint density at radius 2 is 1.76 bits per heavy atom. The third-order valence-electron chi connectivity index (χ3n) is 8.93. The first-order valence-corrected chi connectivity index (χ1v) is 16.7. The van der Waals surface area contributed by atoms with Gasteiger partial charge in [0.25, 0.3) is 5.91 Å². The van der Waals surface area contributed by atoms with Gasteiger partial charge in [-0.05, 0) is 94.7 Å². The van der Waals surface area contributed by atoms with Gasteiger partial charge in [0.05, 0.1) is 25.6 Å². The van der Waals surface area contributed by atoms with E-state index in [-0.39, 0.29) is 29.9 Å². The van der Waals surface area contributed by atoms with Crippen molar-refractivity contribution in [3.8, 4) is 11.5 Å². The van der Waals surface area contributed by atoms with Crippen LogP contribution in [0.25, 0.3) is 0 Å². The first kappa shape index (κ1) is 35.5. The summed E-state index contributed by atoms with van der Waals surface area (Å²) in [4.78, 5) is 39.5. The molecular weight excluding hydrogens is 584 g/mol. The normalized spacial score (nSPS) is 18.8. The molecule has 0 spiro atoms. The molecule has 2 fully saturated rings. The summed E-state index contributed by atoms with van der Waals surface area (Å²) >= 11 is 0. The number of ether oxygens (including phenoxy) is 4. The fraction of sp³-hybridized carbons (Fsp3) is 0.667. The molecule has 1 aliphatic carbocycles. The van der Waals surface area contributed by atoms with Gasteiger partial charge >= 0.3 is 6.09 Å². The smallest absolute Gasteiger partial charge is 0.410 e. The molecule has 0 N–H and O–H groups in total. The van der Waals surface area contributed by atoms with E-state index in [2.05, 4.69) is 35.9 Å². The quantitative estimate of drug-likeness (QED) is 0.213. The fourth-order valence-corrected chi connectivity index (χ4v) is 6.20. The van der Waals surface area contributed by atoms with Gasteiger partial charge in [-0.15, -0.1) is 0 Å². The molecule has 1 aromatic heterocycles. The number of hydrogen-bond donors (Lipinski definition) is 0. The second kappa shape index (κ2) is 15.9. The summed E-state index contributed by atoms with van der Waals surface area (Å²) in [5.41, 5.74) is 1.76. The van der Waals surface area contributed by atoms with Crippen molar-refractivity contribution in [2.24, 2.45) is 23.7 Å². The Hall–Kier alpha value is -3.40. The Morgan fingerprint density at radius 1 is 1.02 bits per heavy atom. The predicted molar refractivity (Wildman–Crippen MR) is 177 cm³/mol. The molecule has 2 amide bonds. The third kappa shape index (κ3) is 10.0. The highest BCUT2D eigenvalue weighted by atomic mass is 16.6. The molecule has 1 saturated heterocycles. The van der Waals surface area contributed by atoms with E-state index in [0.717, 1.165) is 43.5 Å². The van der Waals surface area contributed by atoms with Gasteiger partial charge in [-0.1, -0.05) is 19.9 Å². The number of methoxy groups -OCH3 is 2. The van der Waals surface area contributed by atoms with E-state index in [0.29, 0.717) is 56.1 Å². The molecule has 0 radical (unpaired) electrons. The minimum atomic E-state index is -0.580. The van der Waals surface area contributed by atoms with Gasteiger partial charge in [-0.3, -0.25) is 9.78 Å². The second-order valence-electron chi connectivity index (χ2n) is 14.3. The zero-order valence-corrected chi connectivity index (χ0v) is 29.1. The topological polar surface area (TPSA) is 103 Å². The molecule has 1 aromatic carbocycles. The molecule has 2 aromatic rings. The summed E-state index contributed by atoms with van der Waals surface area (Å²) < 4.78 is 22.6. The first-order valence-electron chi connectivity index (χ1n) is 16.7. The summed E-state index contributed by atoms with van der Waals surface area (Å²) in [6, 6.07) is 6.39. The third-order valence-corrected chi connectivity index (χ3v) is 8.93. The number of amides is 2. The Kier molecular flexibility index (Phi) is 12.3. The van der Waals surface area contributed by atoms with Gasteiger partial charge < -0.3 is 28.7 Å². The van der Waals surface area contributed by atoms with Crippen LogP contribution < -0.4 is 9.47 Å². The van der Waals surface area contributed by atoms with E-state index in [9.17, 15) is 9.59 Å². The van der Waals surface area contributed by atoms with Crippen molar-refractivity contribution >= 4 is 12.0 Å². The average Bonchev–Trinajstić information content (AvgIpc) is 3.77. The van der Waals surface area contributed by atoms with Crippen LogP contribution >= 0.6 is 0 Å². The molecule has 1 aliphatic heterocycles. The highest BCUT2D eigenvalue weighted by Gasteiger charge is 2.43. The minimum Gasteiger partial charge on any atom is -0.493 e. The Balaban J connectivity index is 1.54. The number of rotatable bonds is 15. The summed E-state index contributed by atoms with van der Waals surface area (Å²) in [5.74, 6) is 2.47. The van der Waals surface area contributed by atoms with Gasteiger partial charge in [0.2, 0.25) is 0 Å². The molecule has 10 heteroatoms. The lowest BCUT2D eigenvalue weighted by molar-refractivity contribution is 0.0281. The van der Waals surface area contributed by atoms with E-state index in [1.807, 2.05) is 43.6 Å². The first-order chi connectivity index (χ1) is 21.9. The zero-order valence-electron chi connectivity index (χ0n) is 29.1. The van der Waals surface area contributed by atoms with Crippen LogP contribution in [0.15, 0.2) is 30.6 Å². The van der Waals surface area contributed by atoms with Gasteiger partial charge in [-0.2, -0.15) is 0 Å². The van der Waals surface area contributed by atoms with Crippen LogP contribution in [0.4, 0.5) is 4.79 Å². The van der Waals surface area contributed by atoms with E-state index >= 15 is 0 Å². The molecule has 1 saturated carbocycles. The fourth-order valence-electron chi connectivity index (χ4n) is 6.20. The maximum absolute atomic E-state index is 13.7. The van der Waals surface area contributed by atoms with Gasteiger partial charge in [-0.25, -0.2) is 9.78 Å². The molecule has 2 heterocycles. The molecule has 10 nitrogen and oxygen atoms in total. The molecular formula is C36H54N4O6. The number of aryl methyl sites for hydroxylation is 1. The maximum Gasteiger partial charge on any atom is 0.410 e. The van der Waals surface area contributed by atoms with Crippen LogP contribution in [0.2, 0.25) is 0 Å². The molecule has 3 atom stereocenters. The summed E-state index contributed by atoms with van der Waals surface area (Å²) in [6.07, 6.45) is 7.49. The van der Waals surface area contributed by atoms with Crippen molar-refractivity contribution in [3.63, 3.8) is 0 Å². The number of carbonyl (C=O) groups is 2. The minimum absolute atomic E-state index is 0.0823. The lowest BCUT2D eigenvalue weighted by Gasteiger charge is -2.31. The number of benzene rings is 1. The number of aromatic nitrogens is 2. The molecule has 4 rings (SSSR count). The SMILES string of the molecule is COCCCOc1cc(CC(C[C@@H]2CN(C(=O)OC(C)(C)C)C[C@H]2CN(C(=O)c2cnc(C)cn2)C2CC2)C(C)C)ccc1OC. The number of hydrogen-bond acceptors (Lipinski definition) is 8. The van der Waals surface area contributed by atoms with E-state index < -0.39 is 5.60 Å². The number of nitrogens with zero attached hydrogens (tertiary/aromatic N) is 4. The van der Waals surface area contributed by atoms with E-state index in [4.69, 9.17) is 18.9 Å². The predicted octanol–water partition coefficient (Wildman–Crippen LogP) is 6.20. The monoisotopic (exact) mass is 638 g/mol. The van der Waals surface area contributed by atoms with Crippen LogP contribution in [-0.4, -0.2) is 90.5 Å². The summed E-state index contributed by atoms with van der Waals surface area (Å²) in [6.45, 7) is 15.0. The highest BCUT2D eigenvalue weighted by molar-refractivity contribution is 5.92. The van der Waals surface area contributed by atoms with Crippen molar-refractivity contribution in [1.29, 1.82) is 0 Å². The Bertz CT molecular complexity index is 1290. The van der Waals surface area contributed by atoms with Crippen molar-refractivity contribution in [3.05, 3.63) is 47.5 Å². The maximum atomic E-state index is 13.7. The molecule has 1 unspecified atom stereocenters. The van der Waals surface area contributed by atoms with Crippen molar-refractivity contribution in [2.45, 2.75) is 85.3 Å². The highest BCUT2D eigenvalue weighted by Crippen LogP contribution is 2.38.